The topological polar surface area (TPSA) is 79.7 Å². The van der Waals surface area contributed by atoms with Gasteiger partial charge in [0, 0.05) is 25.6 Å². The number of thiazole rings is 1. The summed E-state index contributed by atoms with van der Waals surface area (Å²) in [7, 11) is 1.53. The van der Waals surface area contributed by atoms with Crippen LogP contribution < -0.4 is 0 Å². The first-order chi connectivity index (χ1) is 11.5. The fourth-order valence-electron chi connectivity index (χ4n) is 2.86. The van der Waals surface area contributed by atoms with Gasteiger partial charge in [0.25, 0.3) is 5.91 Å². The van der Waals surface area contributed by atoms with Crippen molar-refractivity contribution in [1.82, 2.24) is 9.88 Å². The first-order valence-corrected chi connectivity index (χ1v) is 8.42. The maximum absolute atomic E-state index is 12.9. The average Bonchev–Trinajstić information content (AvgIpc) is 3.19. The molecule has 2 unspecified atom stereocenters. The van der Waals surface area contributed by atoms with E-state index < -0.39 is 12.0 Å². The van der Waals surface area contributed by atoms with Crippen molar-refractivity contribution in [3.05, 3.63) is 40.9 Å². The molecule has 1 aromatic carbocycles. The molecule has 1 aromatic heterocycles. The van der Waals surface area contributed by atoms with Crippen molar-refractivity contribution in [2.45, 2.75) is 25.5 Å². The van der Waals surface area contributed by atoms with E-state index in [-0.39, 0.29) is 18.6 Å². The lowest BCUT2D eigenvalue weighted by molar-refractivity contribution is -0.141. The van der Waals surface area contributed by atoms with Crippen molar-refractivity contribution in [3.63, 3.8) is 0 Å². The molecule has 2 atom stereocenters. The Morgan fingerprint density at radius 3 is 2.67 bits per heavy atom. The van der Waals surface area contributed by atoms with Crippen molar-refractivity contribution in [3.8, 4) is 10.6 Å². The number of aromatic nitrogens is 1. The second kappa shape index (κ2) is 6.70. The Balaban J connectivity index is 1.90. The third-order valence-corrected chi connectivity index (χ3v) is 5.35. The summed E-state index contributed by atoms with van der Waals surface area (Å²) in [6, 6.07) is 8.76. The molecular weight excluding hydrogens is 328 g/mol. The monoisotopic (exact) mass is 346 g/mol. The molecule has 0 bridgehead atoms. The van der Waals surface area contributed by atoms with Crippen molar-refractivity contribution in [2.24, 2.45) is 0 Å². The predicted octanol–water partition coefficient (Wildman–Crippen LogP) is 2.43. The van der Waals surface area contributed by atoms with Crippen LogP contribution in [-0.2, 0) is 9.53 Å². The number of carbonyl (C=O) groups is 2. The summed E-state index contributed by atoms with van der Waals surface area (Å²) in [5.74, 6) is -1.30. The molecule has 6 nitrogen and oxygen atoms in total. The minimum absolute atomic E-state index is 0.253. The molecule has 24 heavy (non-hydrogen) atoms. The number of aryl methyl sites for hydroxylation is 1. The number of methoxy groups -OCH3 is 1. The molecule has 1 amide bonds. The Bertz CT molecular complexity index is 759. The second-order valence-electron chi connectivity index (χ2n) is 5.70. The number of ether oxygens (including phenoxy) is 1. The van der Waals surface area contributed by atoms with Gasteiger partial charge in [-0.25, -0.2) is 9.78 Å². The van der Waals surface area contributed by atoms with Crippen LogP contribution in [0.1, 0.15) is 21.8 Å². The van der Waals surface area contributed by atoms with E-state index in [1.54, 1.807) is 6.92 Å². The third kappa shape index (κ3) is 3.05. The van der Waals surface area contributed by atoms with Gasteiger partial charge in [0.1, 0.15) is 15.9 Å². The van der Waals surface area contributed by atoms with Crippen LogP contribution in [-0.4, -0.2) is 52.7 Å². The highest BCUT2D eigenvalue weighted by Crippen LogP contribution is 2.31. The number of hydrogen-bond donors (Lipinski definition) is 1. The van der Waals surface area contributed by atoms with Crippen LogP contribution in [0.15, 0.2) is 30.3 Å². The third-order valence-electron chi connectivity index (χ3n) is 4.15. The van der Waals surface area contributed by atoms with E-state index in [0.29, 0.717) is 17.0 Å². The zero-order valence-electron chi connectivity index (χ0n) is 13.4. The van der Waals surface area contributed by atoms with Gasteiger partial charge in [-0.15, -0.1) is 11.3 Å². The summed E-state index contributed by atoms with van der Waals surface area (Å²) in [6.07, 6.45) is 0.0536. The number of nitrogens with zero attached hydrogens (tertiary/aromatic N) is 2. The fraction of sp³-hybridized carbons (Fsp3) is 0.353. The Labute approximate surface area is 143 Å². The quantitative estimate of drug-likeness (QED) is 0.920. The van der Waals surface area contributed by atoms with Gasteiger partial charge < -0.3 is 14.7 Å². The minimum Gasteiger partial charge on any atom is -0.480 e. The summed E-state index contributed by atoms with van der Waals surface area (Å²) >= 11 is 1.29. The lowest BCUT2D eigenvalue weighted by Gasteiger charge is -2.20. The van der Waals surface area contributed by atoms with Crippen molar-refractivity contribution >= 4 is 23.2 Å². The first kappa shape index (κ1) is 16.6. The van der Waals surface area contributed by atoms with Gasteiger partial charge in [-0.05, 0) is 6.92 Å². The van der Waals surface area contributed by atoms with Gasteiger partial charge in [0.2, 0.25) is 0 Å². The molecule has 0 spiro atoms. The minimum atomic E-state index is -1.01. The van der Waals surface area contributed by atoms with E-state index in [1.165, 1.54) is 23.3 Å². The van der Waals surface area contributed by atoms with Gasteiger partial charge in [0.15, 0.2) is 0 Å². The van der Waals surface area contributed by atoms with Crippen LogP contribution >= 0.6 is 11.3 Å². The number of likely N-dealkylation sites (tertiary alicyclic amines) is 1. The summed E-state index contributed by atoms with van der Waals surface area (Å²) < 4.78 is 5.24. The molecule has 1 fully saturated rings. The van der Waals surface area contributed by atoms with Crippen molar-refractivity contribution < 1.29 is 19.4 Å². The Hall–Kier alpha value is -2.25. The summed E-state index contributed by atoms with van der Waals surface area (Å²) in [5.41, 5.74) is 1.56. The molecule has 7 heteroatoms. The molecule has 2 heterocycles. The maximum Gasteiger partial charge on any atom is 0.326 e. The van der Waals surface area contributed by atoms with E-state index in [4.69, 9.17) is 4.74 Å². The van der Waals surface area contributed by atoms with Crippen molar-refractivity contribution in [2.75, 3.05) is 13.7 Å². The van der Waals surface area contributed by atoms with Crippen LogP contribution in [0.4, 0.5) is 0 Å². The number of carboxylic acids is 1. The summed E-state index contributed by atoms with van der Waals surface area (Å²) in [4.78, 5) is 30.7. The fourth-order valence-corrected chi connectivity index (χ4v) is 3.88. The van der Waals surface area contributed by atoms with Gasteiger partial charge in [-0.1, -0.05) is 30.3 Å². The zero-order valence-corrected chi connectivity index (χ0v) is 14.2. The maximum atomic E-state index is 12.9. The van der Waals surface area contributed by atoms with E-state index in [1.807, 2.05) is 30.3 Å². The molecule has 2 aromatic rings. The highest BCUT2D eigenvalue weighted by atomic mass is 32.1. The van der Waals surface area contributed by atoms with Crippen LogP contribution in [0.3, 0.4) is 0 Å². The van der Waals surface area contributed by atoms with E-state index in [2.05, 4.69) is 4.98 Å². The Morgan fingerprint density at radius 2 is 2.04 bits per heavy atom. The lowest BCUT2D eigenvalue weighted by atomic mass is 10.2. The second-order valence-corrected chi connectivity index (χ2v) is 6.70. The Morgan fingerprint density at radius 1 is 1.33 bits per heavy atom. The molecule has 0 saturated carbocycles. The molecule has 1 aliphatic rings. The van der Waals surface area contributed by atoms with E-state index in [0.717, 1.165) is 10.6 Å². The van der Waals surface area contributed by atoms with Crippen LogP contribution in [0.25, 0.3) is 10.6 Å². The standard InChI is InChI=1S/C17H18N2O4S/c1-10-14(24-15(18-10)11-6-4-3-5-7-11)16(20)19-9-12(23-2)8-13(19)17(21)22/h3-7,12-13H,8-9H2,1-2H3,(H,21,22). The molecule has 1 N–H and O–H groups in total. The molecule has 1 saturated heterocycles. The Kier molecular flexibility index (Phi) is 4.64. The highest BCUT2D eigenvalue weighted by Gasteiger charge is 2.41. The molecule has 126 valence electrons. The predicted molar refractivity (Wildman–Crippen MR) is 90.2 cm³/mol. The summed E-state index contributed by atoms with van der Waals surface area (Å²) in [6.45, 7) is 2.06. The van der Waals surface area contributed by atoms with Gasteiger partial charge in [0.05, 0.1) is 11.8 Å². The number of amides is 1. The highest BCUT2D eigenvalue weighted by molar-refractivity contribution is 7.17. The molecule has 0 aliphatic carbocycles. The average molecular weight is 346 g/mol. The molecule has 0 radical (unpaired) electrons. The van der Waals surface area contributed by atoms with E-state index in [9.17, 15) is 14.7 Å². The van der Waals surface area contributed by atoms with Crippen LogP contribution in [0.2, 0.25) is 0 Å². The number of hydrogen-bond acceptors (Lipinski definition) is 5. The molecule has 3 rings (SSSR count). The molecule has 1 aliphatic heterocycles. The number of rotatable bonds is 4. The largest absolute Gasteiger partial charge is 0.480 e. The van der Waals surface area contributed by atoms with Crippen LogP contribution in [0.5, 0.6) is 0 Å². The van der Waals surface area contributed by atoms with Gasteiger partial charge in [-0.2, -0.15) is 0 Å². The number of carboxylic acid groups (broad SMARTS) is 1. The van der Waals surface area contributed by atoms with Gasteiger partial charge >= 0.3 is 5.97 Å². The number of aliphatic carboxylic acids is 1. The first-order valence-electron chi connectivity index (χ1n) is 7.60. The smallest absolute Gasteiger partial charge is 0.326 e. The zero-order chi connectivity index (χ0) is 17.3. The number of benzene rings is 1. The van der Waals surface area contributed by atoms with Crippen LogP contribution in [0, 0.1) is 6.92 Å². The number of carbonyl (C=O) groups excluding carboxylic acids is 1. The normalized spacial score (nSPS) is 20.3. The van der Waals surface area contributed by atoms with Gasteiger partial charge in [-0.3, -0.25) is 4.79 Å². The molecular formula is C17H18N2O4S. The van der Waals surface area contributed by atoms with E-state index >= 15 is 0 Å². The summed E-state index contributed by atoms with van der Waals surface area (Å²) in [5, 5.41) is 10.1. The van der Waals surface area contributed by atoms with Crippen molar-refractivity contribution in [1.29, 1.82) is 0 Å². The lowest BCUT2D eigenvalue weighted by Crippen LogP contribution is -2.40. The SMILES string of the molecule is COC1CC(C(=O)O)N(C(=O)c2sc(-c3ccccc3)nc2C)C1.